The maximum Gasteiger partial charge on any atom is 0.0883 e. The monoisotopic (exact) mass is 390 g/mol. The standard InChI is InChI=1S/C16H12Br2N2/c1-19-14-9-13(10-5-3-2-4-6-10)20-16-12(18)8-7-11(17)15(14)16/h2-9H,1H3,(H,19,20). The molecule has 1 aromatic heterocycles. The molecule has 0 spiro atoms. The molecule has 1 N–H and O–H groups in total. The van der Waals surface area contributed by atoms with Crippen molar-refractivity contribution in [3.63, 3.8) is 0 Å². The molecular weight excluding hydrogens is 380 g/mol. The number of hydrogen-bond donors (Lipinski definition) is 1. The van der Waals surface area contributed by atoms with Crippen LogP contribution in [0.25, 0.3) is 22.2 Å². The molecular formula is C16H12Br2N2. The molecule has 20 heavy (non-hydrogen) atoms. The third-order valence-electron chi connectivity index (χ3n) is 3.20. The van der Waals surface area contributed by atoms with Crippen LogP contribution in [0.3, 0.4) is 0 Å². The van der Waals surface area contributed by atoms with E-state index in [1.54, 1.807) is 0 Å². The van der Waals surface area contributed by atoms with Crippen LogP contribution in [-0.2, 0) is 0 Å². The number of nitrogens with zero attached hydrogens (tertiary/aromatic N) is 1. The van der Waals surface area contributed by atoms with Crippen molar-refractivity contribution in [1.29, 1.82) is 0 Å². The maximum absolute atomic E-state index is 4.80. The topological polar surface area (TPSA) is 24.9 Å². The summed E-state index contributed by atoms with van der Waals surface area (Å²) in [4.78, 5) is 4.80. The molecule has 2 aromatic carbocycles. The van der Waals surface area contributed by atoms with Crippen LogP contribution >= 0.6 is 31.9 Å². The molecule has 3 aromatic rings. The van der Waals surface area contributed by atoms with Crippen LogP contribution in [-0.4, -0.2) is 12.0 Å². The van der Waals surface area contributed by atoms with E-state index in [0.717, 1.165) is 36.8 Å². The van der Waals surface area contributed by atoms with E-state index in [1.165, 1.54) is 0 Å². The minimum Gasteiger partial charge on any atom is -0.387 e. The van der Waals surface area contributed by atoms with Crippen molar-refractivity contribution < 1.29 is 0 Å². The van der Waals surface area contributed by atoms with Crippen LogP contribution in [0.2, 0.25) is 0 Å². The zero-order valence-corrected chi connectivity index (χ0v) is 14.0. The van der Waals surface area contributed by atoms with Gasteiger partial charge in [0, 0.05) is 32.6 Å². The summed E-state index contributed by atoms with van der Waals surface area (Å²) in [5, 5.41) is 4.34. The van der Waals surface area contributed by atoms with Gasteiger partial charge in [0.25, 0.3) is 0 Å². The molecule has 3 rings (SSSR count). The third kappa shape index (κ3) is 2.34. The lowest BCUT2D eigenvalue weighted by molar-refractivity contribution is 1.37. The Labute approximate surface area is 134 Å². The van der Waals surface area contributed by atoms with Crippen molar-refractivity contribution in [3.05, 3.63) is 57.5 Å². The van der Waals surface area contributed by atoms with Gasteiger partial charge in [0.05, 0.1) is 11.2 Å². The molecule has 0 radical (unpaired) electrons. The molecule has 0 unspecified atom stereocenters. The van der Waals surface area contributed by atoms with Crippen molar-refractivity contribution in [2.24, 2.45) is 0 Å². The second-order valence-corrected chi connectivity index (χ2v) is 6.13. The van der Waals surface area contributed by atoms with Gasteiger partial charge in [-0.25, -0.2) is 4.98 Å². The summed E-state index contributed by atoms with van der Waals surface area (Å²) < 4.78 is 2.03. The highest BCUT2D eigenvalue weighted by Gasteiger charge is 2.11. The van der Waals surface area contributed by atoms with Gasteiger partial charge in [-0.3, -0.25) is 0 Å². The zero-order chi connectivity index (χ0) is 14.1. The Hall–Kier alpha value is -1.39. The number of nitrogens with one attached hydrogen (secondary N) is 1. The fourth-order valence-electron chi connectivity index (χ4n) is 2.22. The number of benzene rings is 2. The van der Waals surface area contributed by atoms with E-state index in [0.29, 0.717) is 0 Å². The summed E-state index contributed by atoms with van der Waals surface area (Å²) in [5.41, 5.74) is 4.08. The van der Waals surface area contributed by atoms with Gasteiger partial charge in [-0.15, -0.1) is 0 Å². The lowest BCUT2D eigenvalue weighted by Gasteiger charge is -2.12. The summed E-state index contributed by atoms with van der Waals surface area (Å²) >= 11 is 7.19. The van der Waals surface area contributed by atoms with Crippen LogP contribution < -0.4 is 5.32 Å². The van der Waals surface area contributed by atoms with Crippen LogP contribution in [0.1, 0.15) is 0 Å². The lowest BCUT2D eigenvalue weighted by Crippen LogP contribution is -1.95. The van der Waals surface area contributed by atoms with Crippen molar-refractivity contribution in [2.75, 3.05) is 12.4 Å². The molecule has 0 saturated carbocycles. The Bertz CT molecular complexity index is 770. The molecule has 0 saturated heterocycles. The van der Waals surface area contributed by atoms with E-state index in [1.807, 2.05) is 37.4 Å². The second kappa shape index (κ2) is 5.54. The summed E-state index contributed by atoms with van der Waals surface area (Å²) in [5.74, 6) is 0. The molecule has 0 atom stereocenters. The van der Waals surface area contributed by atoms with E-state index >= 15 is 0 Å². The minimum atomic E-state index is 0.949. The highest BCUT2D eigenvalue weighted by Crippen LogP contribution is 2.36. The first-order valence-electron chi connectivity index (χ1n) is 6.22. The van der Waals surface area contributed by atoms with Crippen LogP contribution in [0.15, 0.2) is 57.5 Å². The normalized spacial score (nSPS) is 10.8. The highest BCUT2D eigenvalue weighted by atomic mass is 79.9. The van der Waals surface area contributed by atoms with E-state index in [2.05, 4.69) is 55.4 Å². The molecule has 2 nitrogen and oxygen atoms in total. The molecule has 100 valence electrons. The smallest absolute Gasteiger partial charge is 0.0883 e. The number of pyridine rings is 1. The van der Waals surface area contributed by atoms with Gasteiger partial charge in [0.15, 0.2) is 0 Å². The molecule has 4 heteroatoms. The Kier molecular flexibility index (Phi) is 3.76. The van der Waals surface area contributed by atoms with Crippen molar-refractivity contribution >= 4 is 48.5 Å². The molecule has 0 aliphatic rings. The number of rotatable bonds is 2. The average Bonchev–Trinajstić information content (AvgIpc) is 2.51. The fraction of sp³-hybridized carbons (Fsp3) is 0.0625. The number of halogens is 2. The summed E-state index contributed by atoms with van der Waals surface area (Å²) in [6.45, 7) is 0. The van der Waals surface area contributed by atoms with Gasteiger partial charge in [0.2, 0.25) is 0 Å². The SMILES string of the molecule is CNc1cc(-c2ccccc2)nc2c(Br)ccc(Br)c12. The van der Waals surface area contributed by atoms with E-state index in [9.17, 15) is 0 Å². The molecule has 1 heterocycles. The summed E-state index contributed by atoms with van der Waals surface area (Å²) in [7, 11) is 1.93. The van der Waals surface area contributed by atoms with Crippen LogP contribution in [0.5, 0.6) is 0 Å². The molecule has 0 amide bonds. The van der Waals surface area contributed by atoms with Crippen LogP contribution in [0, 0.1) is 0 Å². The quantitative estimate of drug-likeness (QED) is 0.626. The third-order valence-corrected chi connectivity index (χ3v) is 4.50. The Balaban J connectivity index is 2.35. The van der Waals surface area contributed by atoms with Gasteiger partial charge in [0.1, 0.15) is 0 Å². The van der Waals surface area contributed by atoms with Gasteiger partial charge in [-0.05, 0) is 34.1 Å². The summed E-state index contributed by atoms with van der Waals surface area (Å²) in [6.07, 6.45) is 0. The minimum absolute atomic E-state index is 0.949. The number of fused-ring (bicyclic) bond motifs is 1. The van der Waals surface area contributed by atoms with E-state index in [4.69, 9.17) is 4.98 Å². The average molecular weight is 392 g/mol. The number of aromatic nitrogens is 1. The molecule has 0 fully saturated rings. The van der Waals surface area contributed by atoms with E-state index < -0.39 is 0 Å². The number of hydrogen-bond acceptors (Lipinski definition) is 2. The zero-order valence-electron chi connectivity index (χ0n) is 10.8. The second-order valence-electron chi connectivity index (χ2n) is 4.42. The lowest BCUT2D eigenvalue weighted by atomic mass is 10.1. The first-order valence-corrected chi connectivity index (χ1v) is 7.81. The maximum atomic E-state index is 4.80. The van der Waals surface area contributed by atoms with Crippen molar-refractivity contribution in [2.45, 2.75) is 0 Å². The predicted octanol–water partition coefficient (Wildman–Crippen LogP) is 5.47. The highest BCUT2D eigenvalue weighted by molar-refractivity contribution is 9.11. The van der Waals surface area contributed by atoms with Crippen LogP contribution in [0.4, 0.5) is 5.69 Å². The Morgan fingerprint density at radius 3 is 2.35 bits per heavy atom. The molecule has 0 aliphatic carbocycles. The van der Waals surface area contributed by atoms with Gasteiger partial charge in [-0.2, -0.15) is 0 Å². The first-order chi connectivity index (χ1) is 9.70. The summed E-state index contributed by atoms with van der Waals surface area (Å²) in [6, 6.07) is 16.3. The Morgan fingerprint density at radius 2 is 1.65 bits per heavy atom. The van der Waals surface area contributed by atoms with E-state index in [-0.39, 0.29) is 0 Å². The van der Waals surface area contributed by atoms with Gasteiger partial charge in [-0.1, -0.05) is 46.3 Å². The largest absolute Gasteiger partial charge is 0.387 e. The Morgan fingerprint density at radius 1 is 0.950 bits per heavy atom. The molecule has 0 aliphatic heterocycles. The fourth-order valence-corrected chi connectivity index (χ4v) is 3.17. The van der Waals surface area contributed by atoms with Gasteiger partial charge >= 0.3 is 0 Å². The predicted molar refractivity (Wildman–Crippen MR) is 92.1 cm³/mol. The van der Waals surface area contributed by atoms with Crippen molar-refractivity contribution in [1.82, 2.24) is 4.98 Å². The first kappa shape index (κ1) is 13.6. The van der Waals surface area contributed by atoms with Gasteiger partial charge < -0.3 is 5.32 Å². The molecule has 0 bridgehead atoms. The number of anilines is 1. The van der Waals surface area contributed by atoms with Crippen molar-refractivity contribution in [3.8, 4) is 11.3 Å².